The van der Waals surface area contributed by atoms with Crippen LogP contribution in [-0.4, -0.2) is 30.4 Å². The third-order valence-electron chi connectivity index (χ3n) is 4.06. The van der Waals surface area contributed by atoms with Crippen LogP contribution in [0.2, 0.25) is 0 Å². The van der Waals surface area contributed by atoms with Gasteiger partial charge in [0.2, 0.25) is 5.91 Å². The number of carbonyl (C=O) groups is 1. The maximum atomic E-state index is 13.6. The molecular weight excluding hydrogens is 257 g/mol. The first-order valence-electron chi connectivity index (χ1n) is 7.03. The fourth-order valence-electron chi connectivity index (χ4n) is 2.32. The number of nitrogens with two attached hydrogens (primary N) is 1. The van der Waals surface area contributed by atoms with Crippen molar-refractivity contribution in [2.45, 2.75) is 32.2 Å². The first-order chi connectivity index (χ1) is 9.47. The number of carbonyl (C=O) groups excluding carboxylic acids is 1. The number of hydrogen-bond acceptors (Lipinski definition) is 3. The normalized spacial score (nSPS) is 16.8. The van der Waals surface area contributed by atoms with Gasteiger partial charge in [0, 0.05) is 12.2 Å². The highest BCUT2D eigenvalue weighted by atomic mass is 19.1. The van der Waals surface area contributed by atoms with Crippen molar-refractivity contribution >= 4 is 17.3 Å². The Morgan fingerprint density at radius 3 is 2.85 bits per heavy atom. The second-order valence-corrected chi connectivity index (χ2v) is 5.64. The van der Waals surface area contributed by atoms with Crippen LogP contribution >= 0.6 is 0 Å². The van der Waals surface area contributed by atoms with E-state index in [4.69, 9.17) is 5.73 Å². The number of halogens is 1. The average molecular weight is 279 g/mol. The molecule has 3 N–H and O–H groups in total. The largest absolute Gasteiger partial charge is 0.399 e. The van der Waals surface area contributed by atoms with Gasteiger partial charge in [-0.15, -0.1) is 0 Å². The molecule has 1 unspecified atom stereocenters. The zero-order chi connectivity index (χ0) is 14.7. The van der Waals surface area contributed by atoms with Crippen molar-refractivity contribution < 1.29 is 9.18 Å². The summed E-state index contributed by atoms with van der Waals surface area (Å²) in [6.07, 6.45) is 3.76. The van der Waals surface area contributed by atoms with Gasteiger partial charge >= 0.3 is 0 Å². The van der Waals surface area contributed by atoms with Crippen molar-refractivity contribution in [1.82, 2.24) is 4.90 Å². The predicted molar refractivity (Wildman–Crippen MR) is 78.9 cm³/mol. The summed E-state index contributed by atoms with van der Waals surface area (Å²) in [7, 11) is 1.93. The first-order valence-corrected chi connectivity index (χ1v) is 7.03. The number of rotatable bonds is 5. The molecular formula is C15H22FN3O. The molecule has 0 spiro atoms. The third-order valence-corrected chi connectivity index (χ3v) is 4.06. The molecule has 4 nitrogen and oxygen atoms in total. The van der Waals surface area contributed by atoms with E-state index in [1.165, 1.54) is 37.5 Å². The monoisotopic (exact) mass is 279 g/mol. The Balaban J connectivity index is 1.94. The van der Waals surface area contributed by atoms with Crippen LogP contribution in [0, 0.1) is 11.7 Å². The molecule has 1 saturated carbocycles. The van der Waals surface area contributed by atoms with Gasteiger partial charge in [-0.2, -0.15) is 0 Å². The minimum atomic E-state index is -0.471. The fraction of sp³-hybridized carbons (Fsp3) is 0.533. The number of likely N-dealkylation sites (N-methyl/N-ethyl adjacent to an activating group) is 1. The Morgan fingerprint density at radius 1 is 1.55 bits per heavy atom. The maximum Gasteiger partial charge on any atom is 0.241 e. The number of nitrogens with one attached hydrogen (secondary N) is 1. The number of anilines is 2. The van der Waals surface area contributed by atoms with Gasteiger partial charge < -0.3 is 11.1 Å². The summed E-state index contributed by atoms with van der Waals surface area (Å²) in [5.41, 5.74) is 6.17. The molecule has 0 aromatic heterocycles. The Bertz CT molecular complexity index is 488. The number of hydrogen-bond donors (Lipinski definition) is 2. The summed E-state index contributed by atoms with van der Waals surface area (Å²) in [6, 6.07) is 3.87. The van der Waals surface area contributed by atoms with E-state index in [1.54, 1.807) is 0 Å². The second-order valence-electron chi connectivity index (χ2n) is 5.64. The minimum absolute atomic E-state index is 0.138. The number of nitrogens with zero attached hydrogens (tertiary/aromatic N) is 1. The van der Waals surface area contributed by atoms with Gasteiger partial charge in [-0.1, -0.05) is 6.42 Å². The van der Waals surface area contributed by atoms with Crippen molar-refractivity contribution in [3.8, 4) is 0 Å². The zero-order valence-corrected chi connectivity index (χ0v) is 12.0. The van der Waals surface area contributed by atoms with Crippen LogP contribution in [0.5, 0.6) is 0 Å². The van der Waals surface area contributed by atoms with Gasteiger partial charge in [0.1, 0.15) is 5.82 Å². The Kier molecular flexibility index (Phi) is 4.60. The smallest absolute Gasteiger partial charge is 0.241 e. The summed E-state index contributed by atoms with van der Waals surface area (Å²) in [5.74, 6) is 0.0112. The zero-order valence-electron chi connectivity index (χ0n) is 12.0. The van der Waals surface area contributed by atoms with Crippen molar-refractivity contribution in [2.75, 3.05) is 24.6 Å². The highest BCUT2D eigenvalue weighted by Gasteiger charge is 2.24. The van der Waals surface area contributed by atoms with Crippen LogP contribution in [0.3, 0.4) is 0 Å². The lowest BCUT2D eigenvalue weighted by atomic mass is 9.85. The van der Waals surface area contributed by atoms with E-state index in [-0.39, 0.29) is 17.6 Å². The summed E-state index contributed by atoms with van der Waals surface area (Å²) in [5, 5.41) is 2.61. The Morgan fingerprint density at radius 2 is 2.25 bits per heavy atom. The Hall–Kier alpha value is -1.62. The van der Waals surface area contributed by atoms with Crippen molar-refractivity contribution in [2.24, 2.45) is 5.92 Å². The second kappa shape index (κ2) is 6.22. The molecule has 5 heteroatoms. The van der Waals surface area contributed by atoms with Gasteiger partial charge in [-0.3, -0.25) is 9.69 Å². The van der Waals surface area contributed by atoms with Crippen LogP contribution in [0.4, 0.5) is 15.8 Å². The van der Waals surface area contributed by atoms with Gasteiger partial charge in [-0.05, 0) is 50.9 Å². The fourth-order valence-corrected chi connectivity index (χ4v) is 2.32. The van der Waals surface area contributed by atoms with Crippen molar-refractivity contribution in [1.29, 1.82) is 0 Å². The van der Waals surface area contributed by atoms with E-state index in [2.05, 4.69) is 5.32 Å². The summed E-state index contributed by atoms with van der Waals surface area (Å²) in [4.78, 5) is 14.2. The molecule has 1 amide bonds. The van der Waals surface area contributed by atoms with E-state index < -0.39 is 5.82 Å². The van der Waals surface area contributed by atoms with Crippen LogP contribution in [0.25, 0.3) is 0 Å². The number of benzene rings is 1. The molecule has 0 aliphatic heterocycles. The average Bonchev–Trinajstić information content (AvgIpc) is 2.37. The highest BCUT2D eigenvalue weighted by molar-refractivity contribution is 5.95. The van der Waals surface area contributed by atoms with Gasteiger partial charge in [0.25, 0.3) is 0 Å². The van der Waals surface area contributed by atoms with Crippen LogP contribution in [-0.2, 0) is 4.79 Å². The van der Waals surface area contributed by atoms with E-state index >= 15 is 0 Å². The highest BCUT2D eigenvalue weighted by Crippen LogP contribution is 2.27. The summed E-state index contributed by atoms with van der Waals surface area (Å²) in [6.45, 7) is 2.74. The molecule has 1 aromatic rings. The molecule has 1 aliphatic carbocycles. The molecule has 1 fully saturated rings. The number of nitrogen functional groups attached to an aromatic ring is 1. The lowest BCUT2D eigenvalue weighted by Crippen LogP contribution is -2.43. The number of amides is 1. The molecule has 1 aliphatic rings. The predicted octanol–water partition coefficient (Wildman–Crippen LogP) is 2.47. The van der Waals surface area contributed by atoms with Crippen molar-refractivity contribution in [3.05, 3.63) is 24.0 Å². The molecule has 1 atom stereocenters. The van der Waals surface area contributed by atoms with E-state index in [9.17, 15) is 9.18 Å². The topological polar surface area (TPSA) is 58.4 Å². The molecule has 0 radical (unpaired) electrons. The van der Waals surface area contributed by atoms with Crippen molar-refractivity contribution in [3.63, 3.8) is 0 Å². The first kappa shape index (κ1) is 14.8. The lowest BCUT2D eigenvalue weighted by Gasteiger charge is -2.32. The minimum Gasteiger partial charge on any atom is -0.399 e. The molecule has 110 valence electrons. The lowest BCUT2D eigenvalue weighted by molar-refractivity contribution is -0.120. The molecule has 1 aromatic carbocycles. The molecule has 0 bridgehead atoms. The summed E-state index contributed by atoms with van der Waals surface area (Å²) >= 11 is 0. The van der Waals surface area contributed by atoms with E-state index in [0.717, 1.165) is 6.54 Å². The van der Waals surface area contributed by atoms with E-state index in [1.807, 2.05) is 18.9 Å². The van der Waals surface area contributed by atoms with Gasteiger partial charge in [-0.25, -0.2) is 4.39 Å². The van der Waals surface area contributed by atoms with Crippen LogP contribution < -0.4 is 11.1 Å². The molecule has 2 rings (SSSR count). The molecule has 0 saturated heterocycles. The molecule has 20 heavy (non-hydrogen) atoms. The standard InChI is InChI=1S/C15H22FN3O/c1-10(19(2)9-11-4-3-5-11)15(20)18-14-8-12(17)6-7-13(14)16/h6-8,10-11H,3-5,9,17H2,1-2H3,(H,18,20). The van der Waals surface area contributed by atoms with Gasteiger partial charge in [0.05, 0.1) is 11.7 Å². The maximum absolute atomic E-state index is 13.6. The third kappa shape index (κ3) is 3.48. The SMILES string of the molecule is CC(C(=O)Nc1cc(N)ccc1F)N(C)CC1CCC1. The van der Waals surface area contributed by atoms with Gasteiger partial charge in [0.15, 0.2) is 0 Å². The van der Waals surface area contributed by atoms with Crippen LogP contribution in [0.1, 0.15) is 26.2 Å². The van der Waals surface area contributed by atoms with E-state index in [0.29, 0.717) is 11.6 Å². The molecule has 0 heterocycles. The van der Waals surface area contributed by atoms with Crippen LogP contribution in [0.15, 0.2) is 18.2 Å². The summed E-state index contributed by atoms with van der Waals surface area (Å²) < 4.78 is 13.6. The Labute approximate surface area is 119 Å². The quantitative estimate of drug-likeness (QED) is 0.814.